The van der Waals surface area contributed by atoms with Crippen molar-refractivity contribution in [2.75, 3.05) is 26.2 Å². The van der Waals surface area contributed by atoms with E-state index < -0.39 is 0 Å². The Morgan fingerprint density at radius 3 is 2.83 bits per heavy atom. The van der Waals surface area contributed by atoms with Crippen LogP contribution in [0.15, 0.2) is 28.9 Å². The molecule has 1 N–H and O–H groups in total. The van der Waals surface area contributed by atoms with Gasteiger partial charge in [0.25, 0.3) is 0 Å². The molecule has 2 saturated heterocycles. The first-order valence-corrected chi connectivity index (χ1v) is 11.2. The topological polar surface area (TPSA) is 87.4 Å². The lowest BCUT2D eigenvalue weighted by molar-refractivity contribution is -0.127. The van der Waals surface area contributed by atoms with Crippen LogP contribution in [-0.4, -0.2) is 63.1 Å². The van der Waals surface area contributed by atoms with Crippen molar-refractivity contribution >= 4 is 5.91 Å². The molecule has 162 valence electrons. The first-order chi connectivity index (χ1) is 14.7. The number of hydrogen-bond donors (Lipinski definition) is 1. The summed E-state index contributed by atoms with van der Waals surface area (Å²) in [6.45, 7) is 7.32. The highest BCUT2D eigenvalue weighted by Gasteiger charge is 2.31. The van der Waals surface area contributed by atoms with Gasteiger partial charge < -0.3 is 9.84 Å². The molecule has 0 aromatic carbocycles. The van der Waals surface area contributed by atoms with E-state index in [0.717, 1.165) is 76.3 Å². The van der Waals surface area contributed by atoms with E-state index >= 15 is 0 Å². The summed E-state index contributed by atoms with van der Waals surface area (Å²) < 4.78 is 5.22. The molecule has 4 rings (SSSR count). The molecule has 0 bridgehead atoms. The van der Waals surface area contributed by atoms with Crippen molar-refractivity contribution in [2.24, 2.45) is 5.92 Å². The third kappa shape index (κ3) is 5.43. The van der Waals surface area contributed by atoms with E-state index in [1.54, 1.807) is 6.20 Å². The van der Waals surface area contributed by atoms with Gasteiger partial charge in [-0.3, -0.25) is 19.6 Å². The number of likely N-dealkylation sites (tertiary alicyclic amines) is 2. The van der Waals surface area contributed by atoms with Crippen LogP contribution in [0.2, 0.25) is 0 Å². The fraction of sp³-hybridized carbons (Fsp3) is 0.636. The van der Waals surface area contributed by atoms with Gasteiger partial charge in [0.1, 0.15) is 0 Å². The second-order valence-electron chi connectivity index (χ2n) is 8.34. The average Bonchev–Trinajstić information content (AvgIpc) is 3.26. The monoisotopic (exact) mass is 412 g/mol. The Bertz CT molecular complexity index is 803. The molecular weight excluding hydrogens is 380 g/mol. The minimum atomic E-state index is 0.0762. The van der Waals surface area contributed by atoms with Gasteiger partial charge in [-0.1, -0.05) is 18.1 Å². The van der Waals surface area contributed by atoms with Crippen molar-refractivity contribution in [2.45, 2.75) is 58.2 Å². The summed E-state index contributed by atoms with van der Waals surface area (Å²) in [6.07, 6.45) is 6.85. The van der Waals surface area contributed by atoms with E-state index in [0.29, 0.717) is 18.5 Å². The van der Waals surface area contributed by atoms with Gasteiger partial charge >= 0.3 is 0 Å². The number of nitrogens with one attached hydrogen (secondary N) is 1. The molecule has 2 aliphatic heterocycles. The Morgan fingerprint density at radius 1 is 1.23 bits per heavy atom. The lowest BCUT2D eigenvalue weighted by atomic mass is 9.93. The number of carbonyl (C=O) groups is 1. The summed E-state index contributed by atoms with van der Waals surface area (Å²) in [5.41, 5.74) is 0.901. The predicted molar refractivity (Wildman–Crippen MR) is 112 cm³/mol. The normalized spacial score (nSPS) is 21.6. The number of carbonyl (C=O) groups excluding carboxylic acids is 1. The van der Waals surface area contributed by atoms with Gasteiger partial charge in [0.2, 0.25) is 11.8 Å². The molecule has 4 heterocycles. The number of aryl methyl sites for hydroxylation is 1. The smallest absolute Gasteiger partial charge is 0.226 e. The van der Waals surface area contributed by atoms with E-state index in [1.807, 2.05) is 25.1 Å². The zero-order valence-corrected chi connectivity index (χ0v) is 17.8. The highest BCUT2D eigenvalue weighted by molar-refractivity contribution is 5.78. The molecule has 1 atom stereocenters. The van der Waals surface area contributed by atoms with Crippen LogP contribution in [0.3, 0.4) is 0 Å². The standard InChI is InChI=1S/C22H32N6O2/c1-2-21-25-20(26-30-21)16-27-12-8-19(9-13-27)28-11-5-6-17(15-28)22(29)24-14-18-7-3-4-10-23-18/h3-4,7,10,17,19H,2,5-6,8-9,11-16H2,1H3,(H,24,29)/t17-/m1/s1. The van der Waals surface area contributed by atoms with Crippen molar-refractivity contribution in [3.8, 4) is 0 Å². The van der Waals surface area contributed by atoms with Crippen molar-refractivity contribution in [3.05, 3.63) is 41.8 Å². The number of rotatable bonds is 7. The highest BCUT2D eigenvalue weighted by atomic mass is 16.5. The fourth-order valence-corrected chi connectivity index (χ4v) is 4.52. The van der Waals surface area contributed by atoms with Crippen molar-refractivity contribution in [3.63, 3.8) is 0 Å². The molecule has 0 saturated carbocycles. The van der Waals surface area contributed by atoms with Gasteiger partial charge in [0.05, 0.1) is 24.7 Å². The summed E-state index contributed by atoms with van der Waals surface area (Å²) in [4.78, 5) is 26.3. The summed E-state index contributed by atoms with van der Waals surface area (Å²) in [7, 11) is 0. The summed E-state index contributed by atoms with van der Waals surface area (Å²) >= 11 is 0. The fourth-order valence-electron chi connectivity index (χ4n) is 4.52. The number of nitrogens with zero attached hydrogens (tertiary/aromatic N) is 5. The molecule has 8 heteroatoms. The van der Waals surface area contributed by atoms with Crippen LogP contribution >= 0.6 is 0 Å². The Morgan fingerprint density at radius 2 is 2.10 bits per heavy atom. The van der Waals surface area contributed by atoms with Gasteiger partial charge in [-0.2, -0.15) is 4.98 Å². The zero-order chi connectivity index (χ0) is 20.8. The van der Waals surface area contributed by atoms with E-state index in [2.05, 4.69) is 30.2 Å². The number of aromatic nitrogens is 3. The largest absolute Gasteiger partial charge is 0.350 e. The van der Waals surface area contributed by atoms with Crippen molar-refractivity contribution in [1.82, 2.24) is 30.2 Å². The quantitative estimate of drug-likeness (QED) is 0.744. The first-order valence-electron chi connectivity index (χ1n) is 11.2. The predicted octanol–water partition coefficient (Wildman–Crippen LogP) is 2.02. The lowest BCUT2D eigenvalue weighted by Gasteiger charge is -2.41. The van der Waals surface area contributed by atoms with Gasteiger partial charge in [0.15, 0.2) is 5.82 Å². The van der Waals surface area contributed by atoms with Crippen LogP contribution in [-0.2, 0) is 24.3 Å². The Hall–Kier alpha value is -2.32. The SMILES string of the molecule is CCc1nc(CN2CCC(N3CCC[C@@H](C(=O)NCc4ccccn4)C3)CC2)no1. The number of piperidine rings is 2. The first kappa shape index (κ1) is 20.9. The molecule has 2 aromatic heterocycles. The molecule has 0 spiro atoms. The maximum absolute atomic E-state index is 12.7. The summed E-state index contributed by atoms with van der Waals surface area (Å²) in [6, 6.07) is 6.34. The summed E-state index contributed by atoms with van der Waals surface area (Å²) in [5, 5.41) is 7.15. The maximum Gasteiger partial charge on any atom is 0.226 e. The van der Waals surface area contributed by atoms with Gasteiger partial charge in [0, 0.05) is 38.3 Å². The Labute approximate surface area is 178 Å². The average molecular weight is 413 g/mol. The van der Waals surface area contributed by atoms with Crippen LogP contribution in [0, 0.1) is 5.92 Å². The third-order valence-corrected chi connectivity index (χ3v) is 6.24. The molecule has 0 aliphatic carbocycles. The van der Waals surface area contributed by atoms with E-state index in [9.17, 15) is 4.79 Å². The number of hydrogen-bond acceptors (Lipinski definition) is 7. The van der Waals surface area contributed by atoms with Crippen molar-refractivity contribution < 1.29 is 9.32 Å². The molecule has 2 aliphatic rings. The van der Waals surface area contributed by atoms with Gasteiger partial charge in [-0.15, -0.1) is 0 Å². The second kappa shape index (κ2) is 10.1. The van der Waals surface area contributed by atoms with Crippen LogP contribution in [0.4, 0.5) is 0 Å². The van der Waals surface area contributed by atoms with E-state index in [4.69, 9.17) is 4.52 Å². The third-order valence-electron chi connectivity index (χ3n) is 6.24. The van der Waals surface area contributed by atoms with Crippen LogP contribution in [0.25, 0.3) is 0 Å². The van der Waals surface area contributed by atoms with Crippen LogP contribution < -0.4 is 5.32 Å². The van der Waals surface area contributed by atoms with Gasteiger partial charge in [-0.05, 0) is 44.4 Å². The molecular formula is C22H32N6O2. The zero-order valence-electron chi connectivity index (χ0n) is 17.8. The minimum Gasteiger partial charge on any atom is -0.350 e. The maximum atomic E-state index is 12.7. The molecule has 0 unspecified atom stereocenters. The van der Waals surface area contributed by atoms with Gasteiger partial charge in [-0.25, -0.2) is 0 Å². The van der Waals surface area contributed by atoms with Crippen LogP contribution in [0.5, 0.6) is 0 Å². The Balaban J connectivity index is 1.22. The number of amides is 1. The molecule has 30 heavy (non-hydrogen) atoms. The molecule has 1 amide bonds. The lowest BCUT2D eigenvalue weighted by Crippen LogP contribution is -2.50. The van der Waals surface area contributed by atoms with E-state index in [-0.39, 0.29) is 11.8 Å². The molecule has 2 aromatic rings. The van der Waals surface area contributed by atoms with Crippen molar-refractivity contribution in [1.29, 1.82) is 0 Å². The second-order valence-corrected chi connectivity index (χ2v) is 8.34. The molecule has 0 radical (unpaired) electrons. The molecule has 8 nitrogen and oxygen atoms in total. The number of pyridine rings is 1. The van der Waals surface area contributed by atoms with Crippen LogP contribution in [0.1, 0.15) is 50.0 Å². The van der Waals surface area contributed by atoms with E-state index in [1.165, 1.54) is 0 Å². The molecule has 2 fully saturated rings. The minimum absolute atomic E-state index is 0.0762. The Kier molecular flexibility index (Phi) is 7.07. The summed E-state index contributed by atoms with van der Waals surface area (Å²) in [5.74, 6) is 1.73. The highest BCUT2D eigenvalue weighted by Crippen LogP contribution is 2.24.